The molecule has 1 fully saturated rings. The van der Waals surface area contributed by atoms with Crippen molar-refractivity contribution >= 4 is 11.9 Å². The lowest BCUT2D eigenvalue weighted by Gasteiger charge is -2.20. The Balaban J connectivity index is 1.94. The van der Waals surface area contributed by atoms with E-state index < -0.39 is 5.97 Å². The van der Waals surface area contributed by atoms with Crippen molar-refractivity contribution in [1.82, 2.24) is 0 Å². The molecule has 130 valence electrons. The predicted octanol–water partition coefficient (Wildman–Crippen LogP) is 3.99. The molecular weight excluding hydrogens is 296 g/mol. The number of carboxylic acid groups (broad SMARTS) is 1. The molecular formula is C18H28O5. The summed E-state index contributed by atoms with van der Waals surface area (Å²) in [6.45, 7) is 4.37. The summed E-state index contributed by atoms with van der Waals surface area (Å²) in [5, 5.41) is 8.51. The number of carbonyl (C=O) groups excluding carboxylic acids is 1. The molecule has 0 heterocycles. The second-order valence-electron chi connectivity index (χ2n) is 5.76. The van der Waals surface area contributed by atoms with Gasteiger partial charge in [0.2, 0.25) is 0 Å². The molecule has 0 unspecified atom stereocenters. The van der Waals surface area contributed by atoms with Crippen molar-refractivity contribution in [2.75, 3.05) is 13.2 Å². The Morgan fingerprint density at radius 1 is 1.00 bits per heavy atom. The molecule has 0 saturated heterocycles. The molecule has 5 nitrogen and oxygen atoms in total. The smallest absolute Gasteiger partial charge is 0.305 e. The van der Waals surface area contributed by atoms with E-state index in [-0.39, 0.29) is 19.0 Å². The van der Waals surface area contributed by atoms with Gasteiger partial charge >= 0.3 is 11.9 Å². The van der Waals surface area contributed by atoms with Crippen LogP contribution in [0, 0.1) is 0 Å². The molecule has 0 radical (unpaired) electrons. The number of carbonyl (C=O) groups is 2. The second kappa shape index (κ2) is 11.7. The first-order valence-electron chi connectivity index (χ1n) is 8.48. The van der Waals surface area contributed by atoms with Gasteiger partial charge in [-0.05, 0) is 43.8 Å². The van der Waals surface area contributed by atoms with Crippen molar-refractivity contribution in [3.05, 3.63) is 24.0 Å². The van der Waals surface area contributed by atoms with Crippen molar-refractivity contribution in [2.24, 2.45) is 0 Å². The van der Waals surface area contributed by atoms with Crippen LogP contribution in [0.5, 0.6) is 0 Å². The summed E-state index contributed by atoms with van der Waals surface area (Å²) in [7, 11) is 0. The minimum atomic E-state index is -0.747. The van der Waals surface area contributed by atoms with E-state index in [1.54, 1.807) is 6.08 Å². The topological polar surface area (TPSA) is 72.8 Å². The fourth-order valence-electron chi connectivity index (χ4n) is 2.36. The van der Waals surface area contributed by atoms with Crippen LogP contribution in [-0.4, -0.2) is 30.3 Å². The molecule has 0 aliphatic heterocycles. The van der Waals surface area contributed by atoms with Gasteiger partial charge in [-0.1, -0.05) is 25.8 Å². The number of rotatable bonds is 13. The number of carboxylic acids is 1. The van der Waals surface area contributed by atoms with Gasteiger partial charge in [-0.15, -0.1) is 0 Å². The molecule has 1 aliphatic rings. The Kier molecular flexibility index (Phi) is 9.84. The van der Waals surface area contributed by atoms with Gasteiger partial charge < -0.3 is 14.6 Å². The quantitative estimate of drug-likeness (QED) is 0.315. The van der Waals surface area contributed by atoms with Crippen LogP contribution in [0.25, 0.3) is 0 Å². The second-order valence-corrected chi connectivity index (χ2v) is 5.76. The van der Waals surface area contributed by atoms with E-state index in [2.05, 4.69) is 6.58 Å². The number of ether oxygens (including phenoxy) is 2. The van der Waals surface area contributed by atoms with E-state index in [4.69, 9.17) is 14.6 Å². The van der Waals surface area contributed by atoms with Crippen molar-refractivity contribution in [3.8, 4) is 0 Å². The monoisotopic (exact) mass is 324 g/mol. The molecule has 23 heavy (non-hydrogen) atoms. The first kappa shape index (κ1) is 19.3. The molecule has 0 atom stereocenters. The van der Waals surface area contributed by atoms with Crippen LogP contribution in [0.2, 0.25) is 0 Å². The standard InChI is InChI=1S/C18H28O5/c1-2-16(15-9-8-10-15)22-13-14-23-18(21)12-7-5-3-4-6-11-17(19)20/h2H,1,3-14H2,(H,19,20). The van der Waals surface area contributed by atoms with Crippen molar-refractivity contribution in [3.63, 3.8) is 0 Å². The number of aliphatic carboxylic acids is 1. The first-order valence-corrected chi connectivity index (χ1v) is 8.48. The minimum Gasteiger partial charge on any atom is -0.490 e. The molecule has 1 aliphatic carbocycles. The zero-order valence-electron chi connectivity index (χ0n) is 13.8. The molecule has 1 N–H and O–H groups in total. The summed E-state index contributed by atoms with van der Waals surface area (Å²) in [5.41, 5.74) is 1.30. The van der Waals surface area contributed by atoms with Crippen LogP contribution >= 0.6 is 0 Å². The lowest BCUT2D eigenvalue weighted by molar-refractivity contribution is -0.145. The van der Waals surface area contributed by atoms with E-state index >= 15 is 0 Å². The number of hydrogen-bond acceptors (Lipinski definition) is 4. The Morgan fingerprint density at radius 3 is 2.17 bits per heavy atom. The zero-order valence-corrected chi connectivity index (χ0v) is 13.8. The van der Waals surface area contributed by atoms with Gasteiger partial charge in [0.25, 0.3) is 0 Å². The number of unbranched alkanes of at least 4 members (excludes halogenated alkanes) is 4. The Hall–Kier alpha value is -1.78. The minimum absolute atomic E-state index is 0.199. The average molecular weight is 324 g/mol. The van der Waals surface area contributed by atoms with Gasteiger partial charge in [0.15, 0.2) is 0 Å². The fraction of sp³-hybridized carbons (Fsp3) is 0.667. The number of hydrogen-bond donors (Lipinski definition) is 1. The Morgan fingerprint density at radius 2 is 1.61 bits per heavy atom. The van der Waals surface area contributed by atoms with E-state index in [1.807, 2.05) is 0 Å². The van der Waals surface area contributed by atoms with Gasteiger partial charge in [-0.3, -0.25) is 9.59 Å². The first-order chi connectivity index (χ1) is 11.1. The third kappa shape index (κ3) is 9.06. The van der Waals surface area contributed by atoms with Crippen molar-refractivity contribution in [2.45, 2.75) is 64.2 Å². The van der Waals surface area contributed by atoms with Gasteiger partial charge in [0, 0.05) is 12.8 Å². The number of esters is 1. The van der Waals surface area contributed by atoms with Gasteiger partial charge in [-0.25, -0.2) is 0 Å². The van der Waals surface area contributed by atoms with Crippen LogP contribution < -0.4 is 0 Å². The highest BCUT2D eigenvalue weighted by Crippen LogP contribution is 2.29. The Bertz CT molecular complexity index is 419. The van der Waals surface area contributed by atoms with Crippen LogP contribution in [0.4, 0.5) is 0 Å². The summed E-state index contributed by atoms with van der Waals surface area (Å²) in [4.78, 5) is 21.9. The highest BCUT2D eigenvalue weighted by Gasteiger charge is 2.13. The number of allylic oxidation sites excluding steroid dienone is 2. The normalized spacial score (nSPS) is 13.1. The summed E-state index contributed by atoms with van der Waals surface area (Å²) < 4.78 is 10.7. The van der Waals surface area contributed by atoms with E-state index in [1.165, 1.54) is 12.0 Å². The Labute approximate surface area is 138 Å². The lowest BCUT2D eigenvalue weighted by Crippen LogP contribution is -2.11. The fourth-order valence-corrected chi connectivity index (χ4v) is 2.36. The van der Waals surface area contributed by atoms with E-state index in [0.29, 0.717) is 19.4 Å². The molecule has 0 aromatic heterocycles. The molecule has 1 saturated carbocycles. The zero-order chi connectivity index (χ0) is 16.9. The maximum absolute atomic E-state index is 11.5. The highest BCUT2D eigenvalue weighted by atomic mass is 16.6. The average Bonchev–Trinajstić information content (AvgIpc) is 2.47. The van der Waals surface area contributed by atoms with Gasteiger partial charge in [0.05, 0.1) is 0 Å². The van der Waals surface area contributed by atoms with E-state index in [9.17, 15) is 9.59 Å². The lowest BCUT2D eigenvalue weighted by atomic mass is 9.91. The summed E-state index contributed by atoms with van der Waals surface area (Å²) in [6.07, 6.45) is 10.0. The van der Waals surface area contributed by atoms with Crippen LogP contribution in [0.1, 0.15) is 64.2 Å². The third-order valence-electron chi connectivity index (χ3n) is 3.87. The molecule has 0 aromatic carbocycles. The molecule has 0 spiro atoms. The van der Waals surface area contributed by atoms with Gasteiger partial charge in [0.1, 0.15) is 19.0 Å². The van der Waals surface area contributed by atoms with Gasteiger partial charge in [-0.2, -0.15) is 0 Å². The van der Waals surface area contributed by atoms with Crippen LogP contribution in [-0.2, 0) is 19.1 Å². The molecule has 5 heteroatoms. The summed E-state index contributed by atoms with van der Waals surface area (Å²) in [5.74, 6) is -0.104. The van der Waals surface area contributed by atoms with Crippen LogP contribution in [0.3, 0.4) is 0 Å². The molecule has 1 rings (SSSR count). The summed E-state index contributed by atoms with van der Waals surface area (Å²) in [6, 6.07) is 0. The van der Waals surface area contributed by atoms with E-state index in [0.717, 1.165) is 44.3 Å². The SMILES string of the molecule is C=CC(OCCOC(=O)CCCCCCCC(=O)O)=C1CCC1. The molecule has 0 amide bonds. The largest absolute Gasteiger partial charge is 0.490 e. The maximum Gasteiger partial charge on any atom is 0.305 e. The third-order valence-corrected chi connectivity index (χ3v) is 3.87. The molecule has 0 bridgehead atoms. The van der Waals surface area contributed by atoms with Crippen LogP contribution in [0.15, 0.2) is 24.0 Å². The predicted molar refractivity (Wildman–Crippen MR) is 87.9 cm³/mol. The van der Waals surface area contributed by atoms with Crippen molar-refractivity contribution < 1.29 is 24.2 Å². The highest BCUT2D eigenvalue weighted by molar-refractivity contribution is 5.69. The van der Waals surface area contributed by atoms with Crippen molar-refractivity contribution in [1.29, 1.82) is 0 Å². The maximum atomic E-state index is 11.5. The molecule has 0 aromatic rings. The summed E-state index contributed by atoms with van der Waals surface area (Å²) >= 11 is 0.